The van der Waals surface area contributed by atoms with Crippen LogP contribution in [-0.4, -0.2) is 46.0 Å². The highest BCUT2D eigenvalue weighted by Crippen LogP contribution is 2.15. The second kappa shape index (κ2) is 8.74. The Balaban J connectivity index is 1.79. The van der Waals surface area contributed by atoms with Gasteiger partial charge in [0, 0.05) is 56.3 Å². The van der Waals surface area contributed by atoms with Gasteiger partial charge in [-0.1, -0.05) is 10.3 Å². The molecule has 0 radical (unpaired) electrons. The molecule has 1 aromatic rings. The SMILES string of the molecule is [N-]=[N+]=NCCn1ccnc1CCC(=O)N1CCC(N=NN)CC1. The van der Waals surface area contributed by atoms with E-state index < -0.39 is 0 Å². The standard InChI is InChI=1S/C13H21N9O/c14-19-17-6-10-21-9-5-16-12(21)1-2-13(23)22-7-3-11(4-8-22)18-20-15/h5,9,11H,1-4,6-8,10H2,(H2,15,18). The van der Waals surface area contributed by atoms with Crippen LogP contribution < -0.4 is 5.84 Å². The molecule has 0 atom stereocenters. The Kier molecular flexibility index (Phi) is 6.37. The maximum Gasteiger partial charge on any atom is 0.223 e. The number of rotatable bonds is 7. The number of hydrogen-bond acceptors (Lipinski definition) is 5. The number of hydrogen-bond donors (Lipinski definition) is 1. The molecule has 1 saturated heterocycles. The predicted molar refractivity (Wildman–Crippen MR) is 83.2 cm³/mol. The average Bonchev–Trinajstić information content (AvgIpc) is 3.01. The molecule has 2 N–H and O–H groups in total. The van der Waals surface area contributed by atoms with Gasteiger partial charge in [-0.25, -0.2) is 4.98 Å². The zero-order valence-electron chi connectivity index (χ0n) is 13.0. The van der Waals surface area contributed by atoms with Gasteiger partial charge in [0.15, 0.2) is 0 Å². The lowest BCUT2D eigenvalue weighted by Gasteiger charge is -2.29. The lowest BCUT2D eigenvalue weighted by Crippen LogP contribution is -2.39. The van der Waals surface area contributed by atoms with Crippen molar-refractivity contribution in [2.24, 2.45) is 21.3 Å². The number of likely N-dealkylation sites (tertiary alicyclic amines) is 1. The summed E-state index contributed by atoms with van der Waals surface area (Å²) in [5, 5.41) is 10.8. The number of aryl methyl sites for hydroxylation is 1. The van der Waals surface area contributed by atoms with Crippen LogP contribution in [0, 0.1) is 0 Å². The number of nitrogens with zero attached hydrogens (tertiary/aromatic N) is 8. The van der Waals surface area contributed by atoms with E-state index >= 15 is 0 Å². The molecule has 0 unspecified atom stereocenters. The predicted octanol–water partition coefficient (Wildman–Crippen LogP) is 1.44. The van der Waals surface area contributed by atoms with Crippen molar-refractivity contribution in [2.75, 3.05) is 19.6 Å². The lowest BCUT2D eigenvalue weighted by molar-refractivity contribution is -0.132. The monoisotopic (exact) mass is 319 g/mol. The van der Waals surface area contributed by atoms with Crippen molar-refractivity contribution < 1.29 is 4.79 Å². The van der Waals surface area contributed by atoms with E-state index in [9.17, 15) is 4.79 Å². The van der Waals surface area contributed by atoms with Crippen molar-refractivity contribution in [1.29, 1.82) is 0 Å². The summed E-state index contributed by atoms with van der Waals surface area (Å²) in [4.78, 5) is 21.1. The molecule has 1 aromatic heterocycles. The summed E-state index contributed by atoms with van der Waals surface area (Å²) in [6.07, 6.45) is 6.11. The number of piperidine rings is 1. The van der Waals surface area contributed by atoms with Crippen LogP contribution in [0.3, 0.4) is 0 Å². The van der Waals surface area contributed by atoms with E-state index in [4.69, 9.17) is 11.4 Å². The number of nitrogens with two attached hydrogens (primary N) is 1. The first-order valence-electron chi connectivity index (χ1n) is 7.63. The number of amides is 1. The second-order valence-electron chi connectivity index (χ2n) is 5.33. The summed E-state index contributed by atoms with van der Waals surface area (Å²) in [7, 11) is 0. The maximum atomic E-state index is 12.3. The molecule has 0 bridgehead atoms. The molecule has 23 heavy (non-hydrogen) atoms. The normalized spacial score (nSPS) is 15.7. The molecule has 1 aliphatic rings. The van der Waals surface area contributed by atoms with E-state index in [2.05, 4.69) is 25.3 Å². The second-order valence-corrected chi connectivity index (χ2v) is 5.33. The van der Waals surface area contributed by atoms with Crippen molar-refractivity contribution in [2.45, 2.75) is 38.3 Å². The van der Waals surface area contributed by atoms with Crippen molar-refractivity contribution in [3.63, 3.8) is 0 Å². The Labute approximate surface area is 134 Å². The number of azide groups is 1. The van der Waals surface area contributed by atoms with E-state index in [1.54, 1.807) is 6.20 Å². The van der Waals surface area contributed by atoms with Gasteiger partial charge in [0.25, 0.3) is 0 Å². The van der Waals surface area contributed by atoms with E-state index in [0.29, 0.717) is 39.0 Å². The van der Waals surface area contributed by atoms with Crippen LogP contribution in [0.1, 0.15) is 25.1 Å². The fraction of sp³-hybridized carbons (Fsp3) is 0.692. The molecule has 0 spiro atoms. The van der Waals surface area contributed by atoms with Gasteiger partial charge in [0.1, 0.15) is 5.82 Å². The third kappa shape index (κ3) is 4.96. The smallest absolute Gasteiger partial charge is 0.223 e. The summed E-state index contributed by atoms with van der Waals surface area (Å²) >= 11 is 0. The Morgan fingerprint density at radius 3 is 2.96 bits per heavy atom. The minimum Gasteiger partial charge on any atom is -0.343 e. The Bertz CT molecular complexity index is 582. The number of aromatic nitrogens is 2. The molecule has 124 valence electrons. The van der Waals surface area contributed by atoms with Crippen LogP contribution in [0.5, 0.6) is 0 Å². The van der Waals surface area contributed by atoms with Gasteiger partial charge in [-0.15, -0.1) is 0 Å². The molecule has 2 heterocycles. The van der Waals surface area contributed by atoms with Gasteiger partial charge < -0.3 is 15.3 Å². The molecule has 1 amide bonds. The molecule has 0 aromatic carbocycles. The molecule has 2 rings (SSSR count). The Hall–Kier alpha value is -2.61. The Morgan fingerprint density at radius 1 is 1.48 bits per heavy atom. The van der Waals surface area contributed by atoms with Crippen molar-refractivity contribution in [3.8, 4) is 0 Å². The fourth-order valence-corrected chi connectivity index (χ4v) is 2.67. The lowest BCUT2D eigenvalue weighted by atomic mass is 10.1. The zero-order valence-corrected chi connectivity index (χ0v) is 13.0. The van der Waals surface area contributed by atoms with Crippen molar-refractivity contribution in [1.82, 2.24) is 14.5 Å². The molecule has 1 aliphatic heterocycles. The van der Waals surface area contributed by atoms with Crippen molar-refractivity contribution >= 4 is 5.91 Å². The largest absolute Gasteiger partial charge is 0.343 e. The molecule has 0 saturated carbocycles. The van der Waals surface area contributed by atoms with E-state index in [1.165, 1.54) is 0 Å². The van der Waals surface area contributed by atoms with Gasteiger partial charge in [-0.2, -0.15) is 5.11 Å². The molecular formula is C13H21N9O. The summed E-state index contributed by atoms with van der Waals surface area (Å²) in [5.41, 5.74) is 8.30. The summed E-state index contributed by atoms with van der Waals surface area (Å²) in [6, 6.07) is 0.128. The van der Waals surface area contributed by atoms with Gasteiger partial charge in [-0.05, 0) is 18.4 Å². The van der Waals surface area contributed by atoms with Gasteiger partial charge in [0.2, 0.25) is 5.91 Å². The van der Waals surface area contributed by atoms with Crippen LogP contribution in [0.25, 0.3) is 10.4 Å². The summed E-state index contributed by atoms with van der Waals surface area (Å²) in [6.45, 7) is 2.32. The highest BCUT2D eigenvalue weighted by Gasteiger charge is 2.22. The number of carbonyl (C=O) groups is 1. The van der Waals surface area contributed by atoms with Crippen LogP contribution in [0.2, 0.25) is 0 Å². The number of carbonyl (C=O) groups excluding carboxylic acids is 1. The average molecular weight is 319 g/mol. The molecule has 1 fully saturated rings. The third-order valence-corrected chi connectivity index (χ3v) is 3.92. The third-order valence-electron chi connectivity index (χ3n) is 3.92. The van der Waals surface area contributed by atoms with Gasteiger partial charge in [0.05, 0.1) is 6.04 Å². The highest BCUT2D eigenvalue weighted by molar-refractivity contribution is 5.76. The zero-order chi connectivity index (χ0) is 16.5. The minimum atomic E-state index is 0.123. The highest BCUT2D eigenvalue weighted by atomic mass is 16.2. The summed E-state index contributed by atoms with van der Waals surface area (Å²) < 4.78 is 1.91. The topological polar surface area (TPSA) is 138 Å². The van der Waals surface area contributed by atoms with E-state index in [-0.39, 0.29) is 11.9 Å². The summed E-state index contributed by atoms with van der Waals surface area (Å²) in [5.74, 6) is 6.01. The molecule has 10 heteroatoms. The number of imidazole rings is 1. The molecule has 10 nitrogen and oxygen atoms in total. The first-order valence-corrected chi connectivity index (χ1v) is 7.63. The first kappa shape index (κ1) is 16.8. The van der Waals surface area contributed by atoms with Crippen LogP contribution >= 0.6 is 0 Å². The van der Waals surface area contributed by atoms with Gasteiger partial charge >= 0.3 is 0 Å². The quantitative estimate of drug-likeness (QED) is 0.267. The maximum absolute atomic E-state index is 12.3. The van der Waals surface area contributed by atoms with Crippen LogP contribution in [0.15, 0.2) is 27.8 Å². The molecule has 0 aliphatic carbocycles. The van der Waals surface area contributed by atoms with Crippen molar-refractivity contribution in [3.05, 3.63) is 28.7 Å². The first-order chi connectivity index (χ1) is 11.2. The fourth-order valence-electron chi connectivity index (χ4n) is 2.67. The molecular weight excluding hydrogens is 298 g/mol. The minimum absolute atomic E-state index is 0.123. The Morgan fingerprint density at radius 2 is 2.26 bits per heavy atom. The van der Waals surface area contributed by atoms with Gasteiger partial charge in [-0.3, -0.25) is 4.79 Å². The van der Waals surface area contributed by atoms with Crippen LogP contribution in [-0.2, 0) is 17.8 Å². The van der Waals surface area contributed by atoms with E-state index in [1.807, 2.05) is 15.7 Å². The van der Waals surface area contributed by atoms with Crippen LogP contribution in [0.4, 0.5) is 0 Å². The van der Waals surface area contributed by atoms with E-state index in [0.717, 1.165) is 18.7 Å².